The molecule has 20 heavy (non-hydrogen) atoms. The first-order chi connectivity index (χ1) is 9.70. The summed E-state index contributed by atoms with van der Waals surface area (Å²) in [5.41, 5.74) is 2.79. The van der Waals surface area contributed by atoms with Crippen LogP contribution in [-0.2, 0) is 0 Å². The van der Waals surface area contributed by atoms with Gasteiger partial charge in [-0.05, 0) is 62.8 Å². The second-order valence-electron chi connectivity index (χ2n) is 6.29. The Labute approximate surface area is 124 Å². The quantitative estimate of drug-likeness (QED) is 0.857. The number of benzene rings is 1. The molecule has 0 aliphatic carbocycles. The van der Waals surface area contributed by atoms with Gasteiger partial charge in [-0.25, -0.2) is 0 Å². The minimum absolute atomic E-state index is 0.452. The van der Waals surface area contributed by atoms with Crippen LogP contribution in [0.15, 0.2) is 24.3 Å². The SMILES string of the molecule is CCCNC(C)c1ccc(N2CCCC(C)CC2)cc1. The van der Waals surface area contributed by atoms with Crippen molar-refractivity contribution >= 4 is 5.69 Å². The molecule has 2 heteroatoms. The molecule has 0 spiro atoms. The molecule has 112 valence electrons. The molecule has 1 fully saturated rings. The van der Waals surface area contributed by atoms with E-state index < -0.39 is 0 Å². The van der Waals surface area contributed by atoms with Gasteiger partial charge in [0.1, 0.15) is 0 Å². The Hall–Kier alpha value is -1.02. The number of anilines is 1. The molecule has 2 atom stereocenters. The van der Waals surface area contributed by atoms with Crippen molar-refractivity contribution in [3.05, 3.63) is 29.8 Å². The molecule has 1 aromatic rings. The average molecular weight is 274 g/mol. The molecule has 1 saturated heterocycles. The summed E-state index contributed by atoms with van der Waals surface area (Å²) >= 11 is 0. The molecule has 1 aliphatic heterocycles. The number of rotatable bonds is 5. The summed E-state index contributed by atoms with van der Waals surface area (Å²) in [5.74, 6) is 0.887. The lowest BCUT2D eigenvalue weighted by atomic mass is 10.0. The number of hydrogen-bond acceptors (Lipinski definition) is 2. The molecule has 2 nitrogen and oxygen atoms in total. The molecule has 0 saturated carbocycles. The molecule has 2 rings (SSSR count). The van der Waals surface area contributed by atoms with Crippen molar-refractivity contribution < 1.29 is 0 Å². The number of nitrogens with one attached hydrogen (secondary N) is 1. The van der Waals surface area contributed by atoms with E-state index in [-0.39, 0.29) is 0 Å². The Balaban J connectivity index is 1.96. The molecular weight excluding hydrogens is 244 g/mol. The van der Waals surface area contributed by atoms with E-state index in [4.69, 9.17) is 0 Å². The van der Waals surface area contributed by atoms with Gasteiger partial charge in [-0.3, -0.25) is 0 Å². The minimum Gasteiger partial charge on any atom is -0.372 e. The first kappa shape index (κ1) is 15.4. The third-order valence-corrected chi connectivity index (χ3v) is 4.48. The lowest BCUT2D eigenvalue weighted by Crippen LogP contribution is -2.24. The first-order valence-electron chi connectivity index (χ1n) is 8.29. The molecule has 1 N–H and O–H groups in total. The molecule has 0 bridgehead atoms. The van der Waals surface area contributed by atoms with E-state index in [1.165, 1.54) is 50.0 Å². The van der Waals surface area contributed by atoms with Crippen molar-refractivity contribution in [3.8, 4) is 0 Å². The number of nitrogens with zero attached hydrogens (tertiary/aromatic N) is 1. The van der Waals surface area contributed by atoms with Crippen LogP contribution in [0.3, 0.4) is 0 Å². The van der Waals surface area contributed by atoms with Crippen LogP contribution < -0.4 is 10.2 Å². The fourth-order valence-corrected chi connectivity index (χ4v) is 2.97. The third-order valence-electron chi connectivity index (χ3n) is 4.48. The van der Waals surface area contributed by atoms with Crippen LogP contribution in [0.4, 0.5) is 5.69 Å². The maximum atomic E-state index is 3.55. The highest BCUT2D eigenvalue weighted by atomic mass is 15.1. The van der Waals surface area contributed by atoms with E-state index in [1.807, 2.05) is 0 Å². The molecular formula is C18H30N2. The average Bonchev–Trinajstić information content (AvgIpc) is 2.70. The third kappa shape index (κ3) is 4.24. The summed E-state index contributed by atoms with van der Waals surface area (Å²) in [5, 5.41) is 3.55. The lowest BCUT2D eigenvalue weighted by molar-refractivity contribution is 0.521. The number of hydrogen-bond donors (Lipinski definition) is 1. The van der Waals surface area contributed by atoms with Crippen LogP contribution in [0.2, 0.25) is 0 Å². The Bertz CT molecular complexity index is 385. The zero-order valence-corrected chi connectivity index (χ0v) is 13.4. The van der Waals surface area contributed by atoms with Gasteiger partial charge in [0.25, 0.3) is 0 Å². The van der Waals surface area contributed by atoms with Gasteiger partial charge >= 0.3 is 0 Å². The van der Waals surface area contributed by atoms with Gasteiger partial charge in [-0.2, -0.15) is 0 Å². The fraction of sp³-hybridized carbons (Fsp3) is 0.667. The Morgan fingerprint density at radius 2 is 1.95 bits per heavy atom. The normalized spacial score (nSPS) is 21.6. The molecule has 0 aromatic heterocycles. The van der Waals surface area contributed by atoms with Crippen LogP contribution in [0.1, 0.15) is 58.1 Å². The second kappa shape index (κ2) is 7.68. The van der Waals surface area contributed by atoms with Gasteiger partial charge in [-0.15, -0.1) is 0 Å². The summed E-state index contributed by atoms with van der Waals surface area (Å²) in [6.07, 6.45) is 5.23. The van der Waals surface area contributed by atoms with Crippen LogP contribution in [0, 0.1) is 5.92 Å². The van der Waals surface area contributed by atoms with E-state index in [2.05, 4.69) is 55.3 Å². The van der Waals surface area contributed by atoms with Gasteiger partial charge < -0.3 is 10.2 Å². The van der Waals surface area contributed by atoms with Gasteiger partial charge in [0.2, 0.25) is 0 Å². The maximum Gasteiger partial charge on any atom is 0.0366 e. The molecule has 2 unspecified atom stereocenters. The van der Waals surface area contributed by atoms with Crippen LogP contribution in [-0.4, -0.2) is 19.6 Å². The van der Waals surface area contributed by atoms with Gasteiger partial charge in [0, 0.05) is 24.8 Å². The van der Waals surface area contributed by atoms with E-state index in [9.17, 15) is 0 Å². The van der Waals surface area contributed by atoms with E-state index in [1.54, 1.807) is 0 Å². The van der Waals surface area contributed by atoms with Crippen LogP contribution >= 0.6 is 0 Å². The first-order valence-corrected chi connectivity index (χ1v) is 8.29. The van der Waals surface area contributed by atoms with Gasteiger partial charge in [0.05, 0.1) is 0 Å². The van der Waals surface area contributed by atoms with Crippen molar-refractivity contribution in [1.29, 1.82) is 0 Å². The van der Waals surface area contributed by atoms with E-state index in [0.29, 0.717) is 6.04 Å². The Kier molecular flexibility index (Phi) is 5.90. The summed E-state index contributed by atoms with van der Waals surface area (Å²) in [6.45, 7) is 10.4. The smallest absolute Gasteiger partial charge is 0.0366 e. The highest BCUT2D eigenvalue weighted by Gasteiger charge is 2.14. The summed E-state index contributed by atoms with van der Waals surface area (Å²) in [6, 6.07) is 9.63. The van der Waals surface area contributed by atoms with E-state index in [0.717, 1.165) is 12.5 Å². The van der Waals surface area contributed by atoms with Crippen molar-refractivity contribution in [2.24, 2.45) is 5.92 Å². The predicted molar refractivity (Wildman–Crippen MR) is 88.4 cm³/mol. The fourth-order valence-electron chi connectivity index (χ4n) is 2.97. The second-order valence-corrected chi connectivity index (χ2v) is 6.29. The predicted octanol–water partition coefficient (Wildman–Crippen LogP) is 4.37. The van der Waals surface area contributed by atoms with Gasteiger partial charge in [-0.1, -0.05) is 26.0 Å². The molecule has 1 aromatic carbocycles. The summed E-state index contributed by atoms with van der Waals surface area (Å²) in [7, 11) is 0. The highest BCUT2D eigenvalue weighted by Crippen LogP contribution is 2.24. The zero-order chi connectivity index (χ0) is 14.4. The highest BCUT2D eigenvalue weighted by molar-refractivity contribution is 5.48. The topological polar surface area (TPSA) is 15.3 Å². The van der Waals surface area contributed by atoms with Crippen LogP contribution in [0.25, 0.3) is 0 Å². The Morgan fingerprint density at radius 1 is 1.20 bits per heavy atom. The molecule has 1 heterocycles. The van der Waals surface area contributed by atoms with Crippen LogP contribution in [0.5, 0.6) is 0 Å². The standard InChI is InChI=1S/C18H30N2/c1-4-12-19-16(3)17-7-9-18(10-8-17)20-13-5-6-15(2)11-14-20/h7-10,15-16,19H,4-6,11-14H2,1-3H3. The van der Waals surface area contributed by atoms with Crippen molar-refractivity contribution in [2.75, 3.05) is 24.5 Å². The molecule has 0 radical (unpaired) electrons. The van der Waals surface area contributed by atoms with E-state index >= 15 is 0 Å². The van der Waals surface area contributed by atoms with Crippen molar-refractivity contribution in [2.45, 2.75) is 52.5 Å². The zero-order valence-electron chi connectivity index (χ0n) is 13.4. The Morgan fingerprint density at radius 3 is 2.65 bits per heavy atom. The lowest BCUT2D eigenvalue weighted by Gasteiger charge is -2.23. The minimum atomic E-state index is 0.452. The monoisotopic (exact) mass is 274 g/mol. The maximum absolute atomic E-state index is 3.55. The van der Waals surface area contributed by atoms with Gasteiger partial charge in [0.15, 0.2) is 0 Å². The van der Waals surface area contributed by atoms with Crippen molar-refractivity contribution in [1.82, 2.24) is 5.32 Å². The van der Waals surface area contributed by atoms with Crippen molar-refractivity contribution in [3.63, 3.8) is 0 Å². The summed E-state index contributed by atoms with van der Waals surface area (Å²) < 4.78 is 0. The molecule has 1 aliphatic rings. The summed E-state index contributed by atoms with van der Waals surface area (Å²) in [4.78, 5) is 2.55. The molecule has 0 amide bonds. The largest absolute Gasteiger partial charge is 0.372 e.